The van der Waals surface area contributed by atoms with Gasteiger partial charge < -0.3 is 4.90 Å². The summed E-state index contributed by atoms with van der Waals surface area (Å²) in [6.07, 6.45) is 0.500. The van der Waals surface area contributed by atoms with Crippen molar-refractivity contribution in [1.29, 1.82) is 0 Å². The second-order valence-electron chi connectivity index (χ2n) is 4.83. The summed E-state index contributed by atoms with van der Waals surface area (Å²) in [5, 5.41) is -1.24. The number of likely N-dealkylation sites (tertiary alicyclic amines) is 1. The zero-order valence-corrected chi connectivity index (χ0v) is 10.7. The average molecular weight is 282 g/mol. The highest BCUT2D eigenvalue weighted by Crippen LogP contribution is 2.37. The van der Waals surface area contributed by atoms with Gasteiger partial charge in [-0.15, -0.1) is 0 Å². The van der Waals surface area contributed by atoms with Gasteiger partial charge in [0.15, 0.2) is 0 Å². The van der Waals surface area contributed by atoms with Crippen LogP contribution in [-0.4, -0.2) is 29.6 Å². The van der Waals surface area contributed by atoms with Crippen LogP contribution in [-0.2, 0) is 4.79 Å². The van der Waals surface area contributed by atoms with Gasteiger partial charge in [-0.2, -0.15) is 13.2 Å². The molecule has 0 unspecified atom stereocenters. The van der Waals surface area contributed by atoms with Crippen LogP contribution in [0.5, 0.6) is 0 Å². The predicted molar refractivity (Wildman–Crippen MR) is 62.1 cm³/mol. The maximum absolute atomic E-state index is 12.5. The van der Waals surface area contributed by atoms with Crippen LogP contribution < -0.4 is 0 Å². The lowest BCUT2D eigenvalue weighted by atomic mass is 9.94. The van der Waals surface area contributed by atoms with Crippen molar-refractivity contribution in [3.63, 3.8) is 0 Å². The normalized spacial score (nSPS) is 25.8. The summed E-state index contributed by atoms with van der Waals surface area (Å²) in [6, 6.07) is 0.0986. The van der Waals surface area contributed by atoms with Crippen molar-refractivity contribution in [1.82, 2.24) is 4.90 Å². The lowest BCUT2D eigenvalue weighted by Crippen LogP contribution is -2.38. The first-order valence-electron chi connectivity index (χ1n) is 6.18. The summed E-state index contributed by atoms with van der Waals surface area (Å²) in [4.78, 5) is 13.5. The van der Waals surface area contributed by atoms with E-state index in [2.05, 4.69) is 0 Å². The highest BCUT2D eigenvalue weighted by molar-refractivity contribution is 6.32. The van der Waals surface area contributed by atoms with Gasteiger partial charge in [-0.05, 0) is 19.3 Å². The molecule has 18 heavy (non-hydrogen) atoms. The van der Waals surface area contributed by atoms with Crippen molar-refractivity contribution in [2.24, 2.45) is 0 Å². The van der Waals surface area contributed by atoms with Gasteiger partial charge in [-0.3, -0.25) is 4.79 Å². The fourth-order valence-corrected chi connectivity index (χ4v) is 2.91. The summed E-state index contributed by atoms with van der Waals surface area (Å²) in [6.45, 7) is 0.366. The Labute approximate surface area is 109 Å². The zero-order chi connectivity index (χ0) is 13.3. The molecule has 1 amide bonds. The van der Waals surface area contributed by atoms with E-state index in [1.807, 2.05) is 0 Å². The molecule has 0 bridgehead atoms. The molecule has 0 N–H and O–H groups in total. The fourth-order valence-electron chi connectivity index (χ4n) is 2.73. The Balaban J connectivity index is 2.14. The SMILES string of the molecule is O=C1/C(=C(\Cl)C(F)(F)F)CCN1C1CCCCC1. The third kappa shape index (κ3) is 2.66. The van der Waals surface area contributed by atoms with Crippen LogP contribution in [0, 0.1) is 0 Å². The second-order valence-corrected chi connectivity index (χ2v) is 5.21. The van der Waals surface area contributed by atoms with Crippen LogP contribution in [0.3, 0.4) is 0 Å². The van der Waals surface area contributed by atoms with E-state index in [-0.39, 0.29) is 18.0 Å². The molecule has 1 aliphatic heterocycles. The lowest BCUT2D eigenvalue weighted by molar-refractivity contribution is -0.128. The molecule has 2 nitrogen and oxygen atoms in total. The molecule has 2 fully saturated rings. The van der Waals surface area contributed by atoms with Gasteiger partial charge >= 0.3 is 6.18 Å². The van der Waals surface area contributed by atoms with E-state index < -0.39 is 17.1 Å². The summed E-state index contributed by atoms with van der Waals surface area (Å²) >= 11 is 5.27. The Bertz CT molecular complexity index is 372. The summed E-state index contributed by atoms with van der Waals surface area (Å²) < 4.78 is 37.4. The first kappa shape index (κ1) is 13.7. The highest BCUT2D eigenvalue weighted by Gasteiger charge is 2.41. The summed E-state index contributed by atoms with van der Waals surface area (Å²) in [5.41, 5.74) is -0.269. The molecule has 2 aliphatic rings. The Morgan fingerprint density at radius 1 is 1.22 bits per heavy atom. The molecule has 102 valence electrons. The van der Waals surface area contributed by atoms with Gasteiger partial charge in [0.25, 0.3) is 5.91 Å². The first-order valence-corrected chi connectivity index (χ1v) is 6.56. The summed E-state index contributed by atoms with van der Waals surface area (Å²) in [7, 11) is 0. The number of halogens is 4. The van der Waals surface area contributed by atoms with Crippen molar-refractivity contribution in [3.05, 3.63) is 10.6 Å². The molecule has 2 rings (SSSR count). The quantitative estimate of drug-likeness (QED) is 0.673. The number of nitrogens with zero attached hydrogens (tertiary/aromatic N) is 1. The molecule has 0 radical (unpaired) electrons. The molecule has 0 atom stereocenters. The van der Waals surface area contributed by atoms with E-state index in [1.165, 1.54) is 0 Å². The molecule has 1 saturated heterocycles. The molecule has 0 aromatic heterocycles. The van der Waals surface area contributed by atoms with E-state index in [9.17, 15) is 18.0 Å². The smallest absolute Gasteiger partial charge is 0.336 e. The summed E-state index contributed by atoms with van der Waals surface area (Å²) in [5.74, 6) is -0.524. The zero-order valence-electron chi connectivity index (χ0n) is 9.89. The molecule has 0 aromatic carbocycles. The van der Waals surface area contributed by atoms with Crippen LogP contribution in [0.4, 0.5) is 13.2 Å². The third-order valence-corrected chi connectivity index (χ3v) is 4.09. The molecule has 1 heterocycles. The maximum Gasteiger partial charge on any atom is 0.427 e. The van der Waals surface area contributed by atoms with Crippen LogP contribution in [0.15, 0.2) is 10.6 Å². The average Bonchev–Trinajstić information content (AvgIpc) is 2.70. The van der Waals surface area contributed by atoms with E-state index in [0.29, 0.717) is 6.54 Å². The Morgan fingerprint density at radius 2 is 1.83 bits per heavy atom. The molecular weight excluding hydrogens is 267 g/mol. The van der Waals surface area contributed by atoms with Crippen molar-refractivity contribution >= 4 is 17.5 Å². The minimum atomic E-state index is -4.62. The Morgan fingerprint density at radius 3 is 2.39 bits per heavy atom. The van der Waals surface area contributed by atoms with Crippen LogP contribution >= 0.6 is 11.6 Å². The maximum atomic E-state index is 12.5. The molecular formula is C12H15ClF3NO. The van der Waals surface area contributed by atoms with Crippen molar-refractivity contribution in [3.8, 4) is 0 Å². The predicted octanol–water partition coefficient (Wildman–Crippen LogP) is 3.61. The van der Waals surface area contributed by atoms with Crippen LogP contribution in [0.1, 0.15) is 38.5 Å². The van der Waals surface area contributed by atoms with Gasteiger partial charge in [0.2, 0.25) is 0 Å². The lowest BCUT2D eigenvalue weighted by Gasteiger charge is -2.30. The molecule has 0 spiro atoms. The van der Waals surface area contributed by atoms with Crippen molar-refractivity contribution in [2.75, 3.05) is 6.54 Å². The Kier molecular flexibility index (Phi) is 3.90. The van der Waals surface area contributed by atoms with Crippen molar-refractivity contribution in [2.45, 2.75) is 50.7 Å². The van der Waals surface area contributed by atoms with Gasteiger partial charge in [0, 0.05) is 18.2 Å². The highest BCUT2D eigenvalue weighted by atomic mass is 35.5. The van der Waals surface area contributed by atoms with E-state index in [1.54, 1.807) is 4.90 Å². The number of amides is 1. The molecule has 0 aromatic rings. The minimum Gasteiger partial charge on any atom is -0.336 e. The monoisotopic (exact) mass is 281 g/mol. The first-order chi connectivity index (χ1) is 8.41. The number of hydrogen-bond donors (Lipinski definition) is 0. The number of allylic oxidation sites excluding steroid dienone is 1. The molecule has 1 saturated carbocycles. The third-order valence-electron chi connectivity index (χ3n) is 3.65. The number of carbonyl (C=O) groups is 1. The van der Waals surface area contributed by atoms with Crippen molar-refractivity contribution < 1.29 is 18.0 Å². The fraction of sp³-hybridized carbons (Fsp3) is 0.750. The standard InChI is InChI=1S/C12H15ClF3NO/c13-10(12(14,15)16)9-6-7-17(11(9)18)8-4-2-1-3-5-8/h8H,1-7H2/b10-9-. The van der Waals surface area contributed by atoms with E-state index >= 15 is 0 Å². The van der Waals surface area contributed by atoms with Crippen LogP contribution in [0.25, 0.3) is 0 Å². The number of carbonyl (C=O) groups excluding carboxylic acids is 1. The van der Waals surface area contributed by atoms with Gasteiger partial charge in [-0.1, -0.05) is 30.9 Å². The van der Waals surface area contributed by atoms with Gasteiger partial charge in [0.1, 0.15) is 5.03 Å². The number of rotatable bonds is 1. The topological polar surface area (TPSA) is 20.3 Å². The minimum absolute atomic E-state index is 0.0986. The Hall–Kier alpha value is -0.710. The molecule has 1 aliphatic carbocycles. The van der Waals surface area contributed by atoms with E-state index in [0.717, 1.165) is 32.1 Å². The number of alkyl halides is 3. The van der Waals surface area contributed by atoms with Crippen LogP contribution in [0.2, 0.25) is 0 Å². The largest absolute Gasteiger partial charge is 0.427 e. The number of hydrogen-bond acceptors (Lipinski definition) is 1. The van der Waals surface area contributed by atoms with E-state index in [4.69, 9.17) is 11.6 Å². The van der Waals surface area contributed by atoms with Gasteiger partial charge in [-0.25, -0.2) is 0 Å². The second kappa shape index (κ2) is 5.11. The van der Waals surface area contributed by atoms with Gasteiger partial charge in [0.05, 0.1) is 0 Å². The molecule has 6 heteroatoms.